The minimum absolute atomic E-state index is 0. The van der Waals surface area contributed by atoms with Crippen LogP contribution >= 0.6 is 0 Å². The van der Waals surface area contributed by atoms with E-state index in [1.807, 2.05) is 0 Å². The van der Waals surface area contributed by atoms with Gasteiger partial charge in [-0.2, -0.15) is 0 Å². The molecule has 0 saturated heterocycles. The van der Waals surface area contributed by atoms with Crippen molar-refractivity contribution in [1.82, 2.24) is 0 Å². The van der Waals surface area contributed by atoms with Crippen LogP contribution in [0, 0.1) is 0 Å². The van der Waals surface area contributed by atoms with Gasteiger partial charge in [-0.05, 0) is 6.42 Å². The molecule has 0 fully saturated rings. The van der Waals surface area contributed by atoms with Gasteiger partial charge < -0.3 is 5.11 Å². The van der Waals surface area contributed by atoms with E-state index in [2.05, 4.69) is 6.92 Å². The molecule has 3 heteroatoms. The van der Waals surface area contributed by atoms with Gasteiger partial charge in [0.15, 0.2) is 0 Å². The molecular formula is C20H41KO2. The Morgan fingerprint density at radius 3 is 1.09 bits per heavy atom. The van der Waals surface area contributed by atoms with Crippen molar-refractivity contribution in [2.24, 2.45) is 0 Å². The predicted molar refractivity (Wildman–Crippen MR) is 104 cm³/mol. The van der Waals surface area contributed by atoms with Crippen LogP contribution in [0.5, 0.6) is 0 Å². The zero-order valence-corrected chi connectivity index (χ0v) is 15.1. The van der Waals surface area contributed by atoms with Gasteiger partial charge in [0.05, 0.1) is 0 Å². The van der Waals surface area contributed by atoms with Crippen LogP contribution in [0.1, 0.15) is 122 Å². The minimum atomic E-state index is -0.652. The number of hydrogen-bond donors (Lipinski definition) is 1. The topological polar surface area (TPSA) is 37.3 Å². The van der Waals surface area contributed by atoms with Crippen LogP contribution in [0.15, 0.2) is 0 Å². The average molecular weight is 353 g/mol. The summed E-state index contributed by atoms with van der Waals surface area (Å²) in [5.41, 5.74) is 0. The van der Waals surface area contributed by atoms with Crippen molar-refractivity contribution < 1.29 is 9.90 Å². The molecule has 1 N–H and O–H groups in total. The van der Waals surface area contributed by atoms with Crippen LogP contribution in [-0.2, 0) is 4.79 Å². The third kappa shape index (κ3) is 25.5. The van der Waals surface area contributed by atoms with Crippen LogP contribution in [0.4, 0.5) is 0 Å². The average Bonchev–Trinajstić information content (AvgIpc) is 2.50. The summed E-state index contributed by atoms with van der Waals surface area (Å²) >= 11 is 0. The van der Waals surface area contributed by atoms with E-state index in [-0.39, 0.29) is 51.4 Å². The van der Waals surface area contributed by atoms with Crippen LogP contribution in [-0.4, -0.2) is 62.5 Å². The normalized spacial score (nSPS) is 10.5. The standard InChI is InChI=1S/C20H40O2.K.H/c1-2-3-4-5-6-7-8-9-10-11-12-13-14-15-16-17-18-19-20(21)22;;/h2-19H2,1H3,(H,21,22);;. The van der Waals surface area contributed by atoms with Gasteiger partial charge in [-0.1, -0.05) is 110 Å². The molecule has 0 aromatic rings. The van der Waals surface area contributed by atoms with Crippen LogP contribution in [0.25, 0.3) is 0 Å². The molecule has 0 heterocycles. The van der Waals surface area contributed by atoms with E-state index in [9.17, 15) is 4.79 Å². The fourth-order valence-corrected chi connectivity index (χ4v) is 3.00. The van der Waals surface area contributed by atoms with Crippen LogP contribution in [0.3, 0.4) is 0 Å². The second-order valence-electron chi connectivity index (χ2n) is 6.80. The molecule has 0 atom stereocenters. The third-order valence-electron chi connectivity index (χ3n) is 4.49. The van der Waals surface area contributed by atoms with E-state index >= 15 is 0 Å². The van der Waals surface area contributed by atoms with Gasteiger partial charge >= 0.3 is 57.4 Å². The second-order valence-corrected chi connectivity index (χ2v) is 6.80. The number of rotatable bonds is 18. The maximum atomic E-state index is 10.4. The summed E-state index contributed by atoms with van der Waals surface area (Å²) in [5.74, 6) is -0.652. The number of carboxylic acids is 1. The van der Waals surface area contributed by atoms with E-state index in [4.69, 9.17) is 5.11 Å². The zero-order chi connectivity index (χ0) is 16.3. The summed E-state index contributed by atoms with van der Waals surface area (Å²) in [6, 6.07) is 0. The van der Waals surface area contributed by atoms with Crippen molar-refractivity contribution in [3.05, 3.63) is 0 Å². The molecule has 0 saturated carbocycles. The van der Waals surface area contributed by atoms with Crippen LogP contribution in [0.2, 0.25) is 0 Å². The van der Waals surface area contributed by atoms with Crippen molar-refractivity contribution in [1.29, 1.82) is 0 Å². The Labute approximate surface area is 188 Å². The first-order chi connectivity index (χ1) is 10.8. The number of carbonyl (C=O) groups is 1. The predicted octanol–water partition coefficient (Wildman–Crippen LogP) is 6.46. The molecule has 0 radical (unpaired) electrons. The summed E-state index contributed by atoms with van der Waals surface area (Å²) in [6.07, 6.45) is 23.1. The van der Waals surface area contributed by atoms with Crippen molar-refractivity contribution in [3.8, 4) is 0 Å². The van der Waals surface area contributed by atoms with Gasteiger partial charge in [0.1, 0.15) is 0 Å². The van der Waals surface area contributed by atoms with Gasteiger partial charge in [0.2, 0.25) is 0 Å². The molecule has 0 spiro atoms. The Balaban J connectivity index is 0. The molecule has 0 aromatic heterocycles. The van der Waals surface area contributed by atoms with Gasteiger partial charge in [0, 0.05) is 6.42 Å². The van der Waals surface area contributed by atoms with Crippen molar-refractivity contribution in [3.63, 3.8) is 0 Å². The summed E-state index contributed by atoms with van der Waals surface area (Å²) in [5, 5.41) is 8.54. The summed E-state index contributed by atoms with van der Waals surface area (Å²) in [7, 11) is 0. The molecule has 134 valence electrons. The maximum absolute atomic E-state index is 10.4. The molecule has 0 aromatic carbocycles. The molecule has 0 rings (SSSR count). The molecule has 0 unspecified atom stereocenters. The Bertz CT molecular complexity index is 232. The molecule has 23 heavy (non-hydrogen) atoms. The second kappa shape index (κ2) is 23.1. The first-order valence-electron chi connectivity index (χ1n) is 9.99. The molecule has 0 amide bonds. The SMILES string of the molecule is CCCCCCCCCCCCCCCCCCCC(=O)O.[KH]. The van der Waals surface area contributed by atoms with Crippen LogP contribution < -0.4 is 0 Å². The van der Waals surface area contributed by atoms with Gasteiger partial charge in [-0.25, -0.2) is 0 Å². The van der Waals surface area contributed by atoms with E-state index in [1.165, 1.54) is 96.3 Å². The molecule has 0 aliphatic rings. The third-order valence-corrected chi connectivity index (χ3v) is 4.49. The molecule has 2 nitrogen and oxygen atoms in total. The van der Waals surface area contributed by atoms with E-state index in [0.717, 1.165) is 12.8 Å². The number of carboxylic acid groups (broad SMARTS) is 1. The number of aliphatic carboxylic acids is 1. The van der Waals surface area contributed by atoms with Gasteiger partial charge in [-0.15, -0.1) is 0 Å². The zero-order valence-electron chi connectivity index (χ0n) is 15.1. The first kappa shape index (κ1) is 26.3. The van der Waals surface area contributed by atoms with Gasteiger partial charge in [-0.3, -0.25) is 4.79 Å². The number of unbranched alkanes of at least 4 members (excludes halogenated alkanes) is 16. The van der Waals surface area contributed by atoms with E-state index < -0.39 is 5.97 Å². The van der Waals surface area contributed by atoms with E-state index in [0.29, 0.717) is 6.42 Å². The quantitative estimate of drug-likeness (QED) is 0.227. The molecule has 0 bridgehead atoms. The molecule has 0 aliphatic heterocycles. The van der Waals surface area contributed by atoms with Crippen molar-refractivity contribution in [2.75, 3.05) is 0 Å². The Kier molecular flexibility index (Phi) is 26.5. The Hall–Kier alpha value is 1.11. The Morgan fingerprint density at radius 2 is 0.826 bits per heavy atom. The summed E-state index contributed by atoms with van der Waals surface area (Å²) in [6.45, 7) is 2.28. The molecular weight excluding hydrogens is 311 g/mol. The monoisotopic (exact) mass is 352 g/mol. The summed E-state index contributed by atoms with van der Waals surface area (Å²) < 4.78 is 0. The summed E-state index contributed by atoms with van der Waals surface area (Å²) in [4.78, 5) is 10.4. The van der Waals surface area contributed by atoms with Crippen molar-refractivity contribution >= 4 is 57.4 Å². The molecule has 0 aliphatic carbocycles. The fourth-order valence-electron chi connectivity index (χ4n) is 3.00. The first-order valence-corrected chi connectivity index (χ1v) is 9.99. The number of hydrogen-bond acceptors (Lipinski definition) is 1. The van der Waals surface area contributed by atoms with Gasteiger partial charge in [0.25, 0.3) is 0 Å². The van der Waals surface area contributed by atoms with E-state index in [1.54, 1.807) is 0 Å². The Morgan fingerprint density at radius 1 is 0.565 bits per heavy atom. The fraction of sp³-hybridized carbons (Fsp3) is 0.950. The van der Waals surface area contributed by atoms with Crippen molar-refractivity contribution in [2.45, 2.75) is 122 Å².